The van der Waals surface area contributed by atoms with Gasteiger partial charge in [0.25, 0.3) is 5.91 Å². The van der Waals surface area contributed by atoms with Gasteiger partial charge in [-0.15, -0.1) is 0 Å². The Morgan fingerprint density at radius 1 is 1.07 bits per heavy atom. The molecule has 2 aromatic rings. The first-order chi connectivity index (χ1) is 13.8. The van der Waals surface area contributed by atoms with E-state index in [9.17, 15) is 17.6 Å². The van der Waals surface area contributed by atoms with E-state index < -0.39 is 10.0 Å². The molecule has 1 amide bonds. The number of sulfonamides is 1. The second-order valence-electron chi connectivity index (χ2n) is 7.67. The molecule has 29 heavy (non-hydrogen) atoms. The molecule has 0 atom stereocenters. The molecule has 0 aliphatic carbocycles. The number of hydrogen-bond donors (Lipinski definition) is 1. The summed E-state index contributed by atoms with van der Waals surface area (Å²) in [5, 5.41) is 0. The van der Waals surface area contributed by atoms with Gasteiger partial charge in [-0.1, -0.05) is 6.07 Å². The summed E-state index contributed by atoms with van der Waals surface area (Å²) in [4.78, 5) is 14.6. The van der Waals surface area contributed by atoms with Crippen LogP contribution < -0.4 is 4.72 Å². The fourth-order valence-electron chi connectivity index (χ4n) is 3.56. The fraction of sp³-hybridized carbons (Fsp3) is 0.409. The molecule has 0 unspecified atom stereocenters. The third-order valence-corrected chi connectivity index (χ3v) is 7.08. The normalized spacial score (nSPS) is 15.5. The van der Waals surface area contributed by atoms with Crippen molar-refractivity contribution in [3.8, 4) is 0 Å². The molecule has 0 aromatic heterocycles. The van der Waals surface area contributed by atoms with Crippen molar-refractivity contribution >= 4 is 15.9 Å². The first-order valence-corrected chi connectivity index (χ1v) is 11.4. The number of carbonyl (C=O) groups excluding carboxylic acids is 1. The molecule has 0 radical (unpaired) electrons. The molecule has 0 spiro atoms. The van der Waals surface area contributed by atoms with Crippen LogP contribution in [-0.2, 0) is 10.0 Å². The van der Waals surface area contributed by atoms with Crippen LogP contribution in [0, 0.1) is 25.6 Å². The molecule has 156 valence electrons. The minimum Gasteiger partial charge on any atom is -0.339 e. The minimum absolute atomic E-state index is 0.0844. The van der Waals surface area contributed by atoms with E-state index in [1.165, 1.54) is 24.3 Å². The Morgan fingerprint density at radius 2 is 1.72 bits per heavy atom. The zero-order valence-electron chi connectivity index (χ0n) is 16.8. The maximum atomic E-state index is 13.0. The molecule has 1 aliphatic rings. The standard InChI is InChI=1S/C22H27FN2O3S/c1-16-3-8-21(15-17(16)2)29(27,28)24-12-9-18-10-13-25(14-11-18)22(26)19-4-6-20(23)7-5-19/h3-8,15,18,24H,9-14H2,1-2H3. The van der Waals surface area contributed by atoms with Crippen LogP contribution in [0.5, 0.6) is 0 Å². The number of aryl methyl sites for hydroxylation is 2. The van der Waals surface area contributed by atoms with Crippen LogP contribution in [0.25, 0.3) is 0 Å². The van der Waals surface area contributed by atoms with E-state index in [0.717, 1.165) is 30.4 Å². The number of nitrogens with zero attached hydrogens (tertiary/aromatic N) is 1. The van der Waals surface area contributed by atoms with E-state index in [1.54, 1.807) is 17.0 Å². The van der Waals surface area contributed by atoms with Crippen molar-refractivity contribution < 1.29 is 17.6 Å². The van der Waals surface area contributed by atoms with Gasteiger partial charge >= 0.3 is 0 Å². The van der Waals surface area contributed by atoms with E-state index in [2.05, 4.69) is 4.72 Å². The number of amides is 1. The molecule has 0 saturated carbocycles. The first-order valence-electron chi connectivity index (χ1n) is 9.88. The predicted molar refractivity (Wildman–Crippen MR) is 111 cm³/mol. The van der Waals surface area contributed by atoms with Gasteiger partial charge in [0, 0.05) is 25.2 Å². The Balaban J connectivity index is 1.46. The fourth-order valence-corrected chi connectivity index (χ4v) is 4.69. The topological polar surface area (TPSA) is 66.5 Å². The lowest BCUT2D eigenvalue weighted by Crippen LogP contribution is -2.39. The molecule has 0 bridgehead atoms. The minimum atomic E-state index is -3.51. The van der Waals surface area contributed by atoms with Crippen LogP contribution in [0.4, 0.5) is 4.39 Å². The number of likely N-dealkylation sites (tertiary alicyclic amines) is 1. The van der Waals surface area contributed by atoms with E-state index in [1.807, 2.05) is 19.9 Å². The summed E-state index contributed by atoms with van der Waals surface area (Å²) in [5.74, 6) is -0.0721. The van der Waals surface area contributed by atoms with Crippen molar-refractivity contribution in [1.29, 1.82) is 0 Å². The third-order valence-electron chi connectivity index (χ3n) is 5.63. The highest BCUT2D eigenvalue weighted by Crippen LogP contribution is 2.22. The van der Waals surface area contributed by atoms with Gasteiger partial charge in [-0.05, 0) is 86.6 Å². The average molecular weight is 419 g/mol. The van der Waals surface area contributed by atoms with Crippen LogP contribution in [0.3, 0.4) is 0 Å². The maximum absolute atomic E-state index is 13.0. The molecule has 1 heterocycles. The van der Waals surface area contributed by atoms with Gasteiger partial charge in [0.2, 0.25) is 10.0 Å². The summed E-state index contributed by atoms with van der Waals surface area (Å²) >= 11 is 0. The van der Waals surface area contributed by atoms with Gasteiger partial charge in [0.1, 0.15) is 5.82 Å². The lowest BCUT2D eigenvalue weighted by molar-refractivity contribution is 0.0687. The van der Waals surface area contributed by atoms with E-state index >= 15 is 0 Å². The Morgan fingerprint density at radius 3 is 2.34 bits per heavy atom. The highest BCUT2D eigenvalue weighted by molar-refractivity contribution is 7.89. The Labute approximate surface area is 172 Å². The molecule has 1 aliphatic heterocycles. The van der Waals surface area contributed by atoms with Gasteiger partial charge in [-0.3, -0.25) is 4.79 Å². The van der Waals surface area contributed by atoms with Gasteiger partial charge < -0.3 is 4.90 Å². The predicted octanol–water partition coefficient (Wildman–Crippen LogP) is 3.66. The number of nitrogens with one attached hydrogen (secondary N) is 1. The van der Waals surface area contributed by atoms with Gasteiger partial charge in [0.05, 0.1) is 4.90 Å². The van der Waals surface area contributed by atoms with Crippen LogP contribution in [0.1, 0.15) is 40.7 Å². The summed E-state index contributed by atoms with van der Waals surface area (Å²) in [6.07, 6.45) is 2.40. The summed E-state index contributed by atoms with van der Waals surface area (Å²) in [6, 6.07) is 10.7. The van der Waals surface area contributed by atoms with Gasteiger partial charge in [-0.2, -0.15) is 0 Å². The summed E-state index contributed by atoms with van der Waals surface area (Å²) < 4.78 is 40.6. The zero-order valence-corrected chi connectivity index (χ0v) is 17.6. The van der Waals surface area contributed by atoms with Crippen LogP contribution in [-0.4, -0.2) is 38.9 Å². The monoisotopic (exact) mass is 418 g/mol. The second-order valence-corrected chi connectivity index (χ2v) is 9.44. The second kappa shape index (κ2) is 9.05. The molecular weight excluding hydrogens is 391 g/mol. The third kappa shape index (κ3) is 5.42. The highest BCUT2D eigenvalue weighted by Gasteiger charge is 2.24. The maximum Gasteiger partial charge on any atom is 0.253 e. The first kappa shape index (κ1) is 21.5. The lowest BCUT2D eigenvalue weighted by Gasteiger charge is -2.32. The van der Waals surface area contributed by atoms with Crippen molar-refractivity contribution in [2.24, 2.45) is 5.92 Å². The molecule has 1 saturated heterocycles. The highest BCUT2D eigenvalue weighted by atomic mass is 32.2. The largest absolute Gasteiger partial charge is 0.339 e. The van der Waals surface area contributed by atoms with Crippen molar-refractivity contribution in [2.75, 3.05) is 19.6 Å². The van der Waals surface area contributed by atoms with Gasteiger partial charge in [-0.25, -0.2) is 17.5 Å². The zero-order chi connectivity index (χ0) is 21.0. The summed E-state index contributed by atoms with van der Waals surface area (Å²) in [7, 11) is -3.51. The van der Waals surface area contributed by atoms with E-state index in [-0.39, 0.29) is 11.7 Å². The van der Waals surface area contributed by atoms with Gasteiger partial charge in [0.15, 0.2) is 0 Å². The van der Waals surface area contributed by atoms with Crippen molar-refractivity contribution in [3.63, 3.8) is 0 Å². The molecular formula is C22H27FN2O3S. The van der Waals surface area contributed by atoms with Crippen molar-refractivity contribution in [3.05, 3.63) is 65.0 Å². The number of hydrogen-bond acceptors (Lipinski definition) is 3. The van der Waals surface area contributed by atoms with E-state index in [0.29, 0.717) is 36.0 Å². The number of piperidine rings is 1. The molecule has 1 fully saturated rings. The number of halogens is 1. The SMILES string of the molecule is Cc1ccc(S(=O)(=O)NCCC2CCN(C(=O)c3ccc(F)cc3)CC2)cc1C. The summed E-state index contributed by atoms with van der Waals surface area (Å²) in [6.45, 7) is 5.49. The Hall–Kier alpha value is -2.25. The molecule has 7 heteroatoms. The quantitative estimate of drug-likeness (QED) is 0.779. The van der Waals surface area contributed by atoms with E-state index in [4.69, 9.17) is 0 Å². The number of carbonyl (C=O) groups is 1. The lowest BCUT2D eigenvalue weighted by atomic mass is 9.93. The molecule has 2 aromatic carbocycles. The smallest absolute Gasteiger partial charge is 0.253 e. The van der Waals surface area contributed by atoms with Crippen LogP contribution >= 0.6 is 0 Å². The average Bonchev–Trinajstić information content (AvgIpc) is 2.70. The number of rotatable bonds is 6. The van der Waals surface area contributed by atoms with Crippen LogP contribution in [0.15, 0.2) is 47.4 Å². The number of benzene rings is 2. The molecule has 5 nitrogen and oxygen atoms in total. The molecule has 1 N–H and O–H groups in total. The van der Waals surface area contributed by atoms with Crippen molar-refractivity contribution in [1.82, 2.24) is 9.62 Å². The van der Waals surface area contributed by atoms with Crippen LogP contribution in [0.2, 0.25) is 0 Å². The van der Waals surface area contributed by atoms with Crippen molar-refractivity contribution in [2.45, 2.75) is 38.0 Å². The Kier molecular flexibility index (Phi) is 6.70. The summed E-state index contributed by atoms with van der Waals surface area (Å²) in [5.41, 5.74) is 2.50. The molecule has 3 rings (SSSR count). The Bertz CT molecular complexity index is 966.